The zero-order chi connectivity index (χ0) is 11.9. The van der Waals surface area contributed by atoms with Crippen molar-refractivity contribution < 1.29 is 9.13 Å². The first kappa shape index (κ1) is 11.3. The van der Waals surface area contributed by atoms with E-state index in [-0.39, 0.29) is 11.4 Å². The summed E-state index contributed by atoms with van der Waals surface area (Å²) in [6.45, 7) is 2.40. The molecule has 0 radical (unpaired) electrons. The van der Waals surface area contributed by atoms with Crippen LogP contribution in [0.4, 0.5) is 15.8 Å². The topological polar surface area (TPSA) is 33.3 Å². The molecule has 92 valence electrons. The van der Waals surface area contributed by atoms with Gasteiger partial charge in [0.05, 0.1) is 21.4 Å². The summed E-state index contributed by atoms with van der Waals surface area (Å²) in [5.41, 5.74) is 1.82. The molecular weight excluding hydrogens is 287 g/mol. The lowest BCUT2D eigenvalue weighted by molar-refractivity contribution is 0.0634. The second-order valence-corrected chi connectivity index (χ2v) is 5.54. The number of hydrogen-bond donors (Lipinski definition) is 2. The summed E-state index contributed by atoms with van der Waals surface area (Å²) in [5.74, 6) is -0.234. The van der Waals surface area contributed by atoms with E-state index in [1.54, 1.807) is 12.1 Å². The van der Waals surface area contributed by atoms with Crippen LogP contribution in [-0.4, -0.2) is 25.3 Å². The first-order valence-electron chi connectivity index (χ1n) is 5.77. The van der Waals surface area contributed by atoms with Crippen molar-refractivity contribution in [2.45, 2.75) is 18.4 Å². The maximum Gasteiger partial charge on any atom is 0.139 e. The smallest absolute Gasteiger partial charge is 0.139 e. The summed E-state index contributed by atoms with van der Waals surface area (Å²) in [5, 5.41) is 6.85. The summed E-state index contributed by atoms with van der Waals surface area (Å²) >= 11 is 3.20. The van der Waals surface area contributed by atoms with Crippen LogP contribution in [0.3, 0.4) is 0 Å². The van der Waals surface area contributed by atoms with Gasteiger partial charge in [-0.2, -0.15) is 0 Å². The van der Waals surface area contributed by atoms with Crippen molar-refractivity contribution in [3.05, 3.63) is 22.4 Å². The number of nitrogens with one attached hydrogen (secondary N) is 2. The first-order valence-corrected chi connectivity index (χ1v) is 6.57. The highest BCUT2D eigenvalue weighted by Crippen LogP contribution is 2.37. The van der Waals surface area contributed by atoms with Crippen molar-refractivity contribution in [3.8, 4) is 0 Å². The monoisotopic (exact) mass is 300 g/mol. The van der Waals surface area contributed by atoms with E-state index in [9.17, 15) is 4.39 Å². The van der Waals surface area contributed by atoms with Crippen molar-refractivity contribution in [2.24, 2.45) is 0 Å². The third-order valence-electron chi connectivity index (χ3n) is 3.53. The van der Waals surface area contributed by atoms with E-state index in [2.05, 4.69) is 26.6 Å². The Hall–Kier alpha value is -0.810. The molecule has 0 unspecified atom stereocenters. The van der Waals surface area contributed by atoms with Crippen molar-refractivity contribution >= 4 is 27.3 Å². The zero-order valence-electron chi connectivity index (χ0n) is 9.35. The van der Waals surface area contributed by atoms with Crippen LogP contribution in [-0.2, 0) is 4.74 Å². The van der Waals surface area contributed by atoms with Gasteiger partial charge in [0.25, 0.3) is 0 Å². The number of hydrogen-bond acceptors (Lipinski definition) is 3. The molecule has 0 bridgehead atoms. The summed E-state index contributed by atoms with van der Waals surface area (Å²) in [6, 6.07) is 3.33. The Balaban J connectivity index is 1.91. The summed E-state index contributed by atoms with van der Waals surface area (Å²) in [6.07, 6.45) is 1.91. The molecule has 2 aliphatic heterocycles. The van der Waals surface area contributed by atoms with Crippen LogP contribution < -0.4 is 10.6 Å². The quantitative estimate of drug-likeness (QED) is 0.773. The Labute approximate surface area is 108 Å². The van der Waals surface area contributed by atoms with E-state index in [0.717, 1.165) is 44.0 Å². The number of anilines is 2. The molecule has 0 saturated carbocycles. The molecule has 3 rings (SSSR count). The molecule has 1 spiro atoms. The molecule has 0 aromatic heterocycles. The Bertz CT molecular complexity index is 446. The third kappa shape index (κ3) is 2.02. The van der Waals surface area contributed by atoms with Gasteiger partial charge in [-0.15, -0.1) is 0 Å². The van der Waals surface area contributed by atoms with Crippen LogP contribution in [0.15, 0.2) is 16.6 Å². The normalized spacial score (nSPS) is 21.5. The van der Waals surface area contributed by atoms with Crippen molar-refractivity contribution in [3.63, 3.8) is 0 Å². The lowest BCUT2D eigenvalue weighted by Crippen LogP contribution is -2.51. The van der Waals surface area contributed by atoms with Gasteiger partial charge < -0.3 is 15.4 Å². The van der Waals surface area contributed by atoms with Crippen LogP contribution in [0, 0.1) is 5.82 Å². The second kappa shape index (κ2) is 4.14. The van der Waals surface area contributed by atoms with E-state index >= 15 is 0 Å². The van der Waals surface area contributed by atoms with Gasteiger partial charge in [0.2, 0.25) is 0 Å². The lowest BCUT2D eigenvalue weighted by Gasteiger charge is -2.43. The van der Waals surface area contributed by atoms with Gasteiger partial charge in [-0.3, -0.25) is 0 Å². The van der Waals surface area contributed by atoms with E-state index < -0.39 is 0 Å². The first-order chi connectivity index (χ1) is 8.19. The Kier molecular flexibility index (Phi) is 2.75. The molecule has 2 N–H and O–H groups in total. The molecule has 2 aliphatic rings. The average molecular weight is 301 g/mol. The number of fused-ring (bicyclic) bond motifs is 1. The van der Waals surface area contributed by atoms with Crippen LogP contribution >= 0.6 is 15.9 Å². The van der Waals surface area contributed by atoms with Gasteiger partial charge >= 0.3 is 0 Å². The lowest BCUT2D eigenvalue weighted by atomic mass is 9.87. The molecule has 0 atom stereocenters. The molecule has 1 aromatic carbocycles. The fourth-order valence-corrected chi connectivity index (χ4v) is 2.80. The predicted molar refractivity (Wildman–Crippen MR) is 69.0 cm³/mol. The Morgan fingerprint density at radius 2 is 2.00 bits per heavy atom. The van der Waals surface area contributed by atoms with Crippen molar-refractivity contribution in [1.29, 1.82) is 0 Å². The van der Waals surface area contributed by atoms with Crippen LogP contribution in [0.25, 0.3) is 0 Å². The summed E-state index contributed by atoms with van der Waals surface area (Å²) < 4.78 is 19.4. The molecule has 1 saturated heterocycles. The Morgan fingerprint density at radius 1 is 1.24 bits per heavy atom. The second-order valence-electron chi connectivity index (χ2n) is 4.68. The van der Waals surface area contributed by atoms with Gasteiger partial charge in [-0.1, -0.05) is 0 Å². The van der Waals surface area contributed by atoms with Gasteiger partial charge in [0, 0.05) is 25.8 Å². The standard InChI is InChI=1S/C12H14BrFN2O/c13-8-5-10-11(6-9(8)14)16-12(7-15-10)1-3-17-4-2-12/h5-6,15-16H,1-4,7H2. The van der Waals surface area contributed by atoms with E-state index in [0.29, 0.717) is 4.47 Å². The van der Waals surface area contributed by atoms with E-state index in [4.69, 9.17) is 4.74 Å². The Morgan fingerprint density at radius 3 is 2.76 bits per heavy atom. The minimum Gasteiger partial charge on any atom is -0.381 e. The SMILES string of the molecule is Fc1cc2c(cc1Br)NCC1(CCOCC1)N2. The average Bonchev–Trinajstić information content (AvgIpc) is 2.33. The highest BCUT2D eigenvalue weighted by Gasteiger charge is 2.35. The largest absolute Gasteiger partial charge is 0.381 e. The van der Waals surface area contributed by atoms with Crippen molar-refractivity contribution in [1.82, 2.24) is 0 Å². The summed E-state index contributed by atoms with van der Waals surface area (Å²) in [7, 11) is 0. The molecule has 0 aliphatic carbocycles. The minimum atomic E-state index is -0.234. The fraction of sp³-hybridized carbons (Fsp3) is 0.500. The van der Waals surface area contributed by atoms with Crippen LogP contribution in [0.1, 0.15) is 12.8 Å². The number of ether oxygens (including phenoxy) is 1. The molecule has 1 aromatic rings. The van der Waals surface area contributed by atoms with Crippen molar-refractivity contribution in [2.75, 3.05) is 30.4 Å². The van der Waals surface area contributed by atoms with Gasteiger partial charge in [0.1, 0.15) is 5.82 Å². The molecule has 17 heavy (non-hydrogen) atoms. The molecule has 2 heterocycles. The molecule has 0 amide bonds. The fourth-order valence-electron chi connectivity index (χ4n) is 2.45. The molecule has 3 nitrogen and oxygen atoms in total. The maximum atomic E-state index is 13.5. The number of benzene rings is 1. The van der Waals surface area contributed by atoms with E-state index in [1.165, 1.54) is 0 Å². The minimum absolute atomic E-state index is 0.0194. The van der Waals surface area contributed by atoms with Gasteiger partial charge in [-0.25, -0.2) is 4.39 Å². The molecule has 1 fully saturated rings. The highest BCUT2D eigenvalue weighted by atomic mass is 79.9. The number of halogens is 2. The zero-order valence-corrected chi connectivity index (χ0v) is 10.9. The predicted octanol–water partition coefficient (Wildman–Crippen LogP) is 2.97. The van der Waals surface area contributed by atoms with Crippen LogP contribution in [0.5, 0.6) is 0 Å². The van der Waals surface area contributed by atoms with E-state index in [1.807, 2.05) is 0 Å². The van der Waals surface area contributed by atoms with Gasteiger partial charge in [-0.05, 0) is 34.8 Å². The highest BCUT2D eigenvalue weighted by molar-refractivity contribution is 9.10. The number of rotatable bonds is 0. The molecule has 5 heteroatoms. The molecular formula is C12H14BrFN2O. The third-order valence-corrected chi connectivity index (χ3v) is 4.14. The summed E-state index contributed by atoms with van der Waals surface area (Å²) in [4.78, 5) is 0. The van der Waals surface area contributed by atoms with Crippen LogP contribution in [0.2, 0.25) is 0 Å². The van der Waals surface area contributed by atoms with Gasteiger partial charge in [0.15, 0.2) is 0 Å². The maximum absolute atomic E-state index is 13.5.